The third-order valence-corrected chi connectivity index (χ3v) is 3.50. The lowest BCUT2D eigenvalue weighted by Gasteiger charge is -2.15. The van der Waals surface area contributed by atoms with E-state index in [4.69, 9.17) is 31.2 Å². The minimum Gasteiger partial charge on any atom is -0.497 e. The van der Waals surface area contributed by atoms with Crippen molar-refractivity contribution in [2.24, 2.45) is 0 Å². The number of benzene rings is 2. The molecule has 0 atom stereocenters. The molecule has 0 spiro atoms. The Balaban J connectivity index is 2.11. The summed E-state index contributed by atoms with van der Waals surface area (Å²) in [6.45, 7) is 0. The van der Waals surface area contributed by atoms with Gasteiger partial charge in [-0.3, -0.25) is 0 Å². The largest absolute Gasteiger partial charge is 0.497 e. The molecule has 0 aliphatic heterocycles. The number of hydrogen-bond acceptors (Lipinski definition) is 5. The van der Waals surface area contributed by atoms with E-state index in [1.165, 1.54) is 0 Å². The van der Waals surface area contributed by atoms with Crippen molar-refractivity contribution in [2.45, 2.75) is 0 Å². The lowest BCUT2D eigenvalue weighted by Crippen LogP contribution is -2.19. The molecular formula is C17H20N2O4S. The fraction of sp³-hybridized carbons (Fsp3) is 0.235. The number of ether oxygens (including phenoxy) is 4. The molecule has 2 aromatic rings. The fourth-order valence-electron chi connectivity index (χ4n) is 2.10. The number of thiocarbonyl (C=S) groups is 1. The van der Waals surface area contributed by atoms with Crippen molar-refractivity contribution in [2.75, 3.05) is 39.1 Å². The highest BCUT2D eigenvalue weighted by Crippen LogP contribution is 2.31. The molecule has 128 valence electrons. The van der Waals surface area contributed by atoms with Gasteiger partial charge < -0.3 is 29.6 Å². The van der Waals surface area contributed by atoms with Crippen LogP contribution in [0.4, 0.5) is 11.4 Å². The summed E-state index contributed by atoms with van der Waals surface area (Å²) in [6, 6.07) is 10.9. The Morgan fingerprint density at radius 3 is 2.08 bits per heavy atom. The predicted octanol–water partition coefficient (Wildman–Crippen LogP) is 3.53. The van der Waals surface area contributed by atoms with Gasteiger partial charge in [-0.2, -0.15) is 0 Å². The highest BCUT2D eigenvalue weighted by Gasteiger charge is 2.09. The van der Waals surface area contributed by atoms with E-state index in [0.29, 0.717) is 28.1 Å². The SMILES string of the molecule is COc1ccc(NC(=S)Nc2ccc(OC)c(OC)c2)c(OC)c1. The van der Waals surface area contributed by atoms with Gasteiger partial charge in [0.05, 0.1) is 34.1 Å². The van der Waals surface area contributed by atoms with E-state index in [1.807, 2.05) is 18.2 Å². The van der Waals surface area contributed by atoms with Gasteiger partial charge in [-0.25, -0.2) is 0 Å². The van der Waals surface area contributed by atoms with Crippen LogP contribution in [-0.2, 0) is 0 Å². The maximum Gasteiger partial charge on any atom is 0.175 e. The maximum atomic E-state index is 5.35. The molecule has 7 heteroatoms. The molecule has 2 N–H and O–H groups in total. The number of anilines is 2. The topological polar surface area (TPSA) is 61.0 Å². The highest BCUT2D eigenvalue weighted by molar-refractivity contribution is 7.80. The molecule has 0 radical (unpaired) electrons. The van der Waals surface area contributed by atoms with Crippen molar-refractivity contribution >= 4 is 28.7 Å². The van der Waals surface area contributed by atoms with Crippen molar-refractivity contribution in [3.63, 3.8) is 0 Å². The number of hydrogen-bond donors (Lipinski definition) is 2. The lowest BCUT2D eigenvalue weighted by atomic mass is 10.2. The molecule has 0 aromatic heterocycles. The Labute approximate surface area is 146 Å². The number of methoxy groups -OCH3 is 4. The first kappa shape index (κ1) is 17.7. The van der Waals surface area contributed by atoms with Crippen LogP contribution >= 0.6 is 12.2 Å². The molecule has 0 saturated carbocycles. The second kappa shape index (κ2) is 8.26. The van der Waals surface area contributed by atoms with Crippen molar-refractivity contribution in [3.05, 3.63) is 36.4 Å². The van der Waals surface area contributed by atoms with Crippen molar-refractivity contribution < 1.29 is 18.9 Å². The predicted molar refractivity (Wildman–Crippen MR) is 98.9 cm³/mol. The van der Waals surface area contributed by atoms with E-state index in [2.05, 4.69) is 10.6 Å². The number of nitrogens with one attached hydrogen (secondary N) is 2. The first-order valence-electron chi connectivity index (χ1n) is 7.13. The first-order chi connectivity index (χ1) is 11.6. The zero-order valence-electron chi connectivity index (χ0n) is 14.0. The quantitative estimate of drug-likeness (QED) is 0.774. The fourth-order valence-corrected chi connectivity index (χ4v) is 2.33. The molecule has 2 aromatic carbocycles. The minimum atomic E-state index is 0.422. The Hall–Kier alpha value is -2.67. The van der Waals surface area contributed by atoms with Gasteiger partial charge in [0.1, 0.15) is 11.5 Å². The van der Waals surface area contributed by atoms with Crippen molar-refractivity contribution in [1.29, 1.82) is 0 Å². The van der Waals surface area contributed by atoms with E-state index in [1.54, 1.807) is 46.6 Å². The summed E-state index contributed by atoms with van der Waals surface area (Å²) in [5.74, 6) is 2.60. The molecule has 0 fully saturated rings. The average molecular weight is 348 g/mol. The maximum absolute atomic E-state index is 5.35. The molecule has 6 nitrogen and oxygen atoms in total. The van der Waals surface area contributed by atoms with Crippen molar-refractivity contribution in [1.82, 2.24) is 0 Å². The van der Waals surface area contributed by atoms with Gasteiger partial charge in [-0.15, -0.1) is 0 Å². The molecule has 0 aliphatic carbocycles. The van der Waals surface area contributed by atoms with E-state index >= 15 is 0 Å². The van der Waals surface area contributed by atoms with E-state index < -0.39 is 0 Å². The number of rotatable bonds is 6. The van der Waals surface area contributed by atoms with E-state index in [0.717, 1.165) is 11.4 Å². The zero-order chi connectivity index (χ0) is 17.5. The monoisotopic (exact) mass is 348 g/mol. The van der Waals surface area contributed by atoms with Gasteiger partial charge in [-0.1, -0.05) is 0 Å². The molecule has 2 rings (SSSR count). The van der Waals surface area contributed by atoms with Crippen LogP contribution in [0.15, 0.2) is 36.4 Å². The normalized spacial score (nSPS) is 9.83. The molecule has 0 heterocycles. The third-order valence-electron chi connectivity index (χ3n) is 3.30. The smallest absolute Gasteiger partial charge is 0.175 e. The second-order valence-electron chi connectivity index (χ2n) is 4.72. The van der Waals surface area contributed by atoms with Gasteiger partial charge in [-0.05, 0) is 36.5 Å². The Morgan fingerprint density at radius 1 is 0.750 bits per heavy atom. The standard InChI is InChI=1S/C17H20N2O4S/c1-20-12-6-7-13(15(10-12)22-3)19-17(24)18-11-5-8-14(21-2)16(9-11)23-4/h5-10H,1-4H3,(H2,18,19,24). The van der Waals surface area contributed by atoms with Crippen LogP contribution in [0.1, 0.15) is 0 Å². The van der Waals surface area contributed by atoms with Crippen LogP contribution in [-0.4, -0.2) is 33.6 Å². The van der Waals surface area contributed by atoms with Crippen LogP contribution in [0.3, 0.4) is 0 Å². The Kier molecular flexibility index (Phi) is 6.08. The van der Waals surface area contributed by atoms with Crippen molar-refractivity contribution in [3.8, 4) is 23.0 Å². The van der Waals surface area contributed by atoms with Gasteiger partial charge >= 0.3 is 0 Å². The summed E-state index contributed by atoms with van der Waals surface area (Å²) in [5, 5.41) is 6.61. The summed E-state index contributed by atoms with van der Waals surface area (Å²) in [4.78, 5) is 0. The van der Waals surface area contributed by atoms with Crippen LogP contribution in [0.2, 0.25) is 0 Å². The molecule has 0 unspecified atom stereocenters. The lowest BCUT2D eigenvalue weighted by molar-refractivity contribution is 0.355. The molecule has 0 saturated heterocycles. The summed E-state index contributed by atoms with van der Waals surface area (Å²) < 4.78 is 21.0. The first-order valence-corrected chi connectivity index (χ1v) is 7.54. The zero-order valence-corrected chi connectivity index (χ0v) is 14.8. The molecule has 0 aliphatic rings. The molecular weight excluding hydrogens is 328 g/mol. The summed E-state index contributed by atoms with van der Waals surface area (Å²) >= 11 is 5.35. The van der Waals surface area contributed by atoms with Crippen LogP contribution in [0.5, 0.6) is 23.0 Å². The summed E-state index contributed by atoms with van der Waals surface area (Å²) in [7, 11) is 6.36. The minimum absolute atomic E-state index is 0.422. The molecule has 24 heavy (non-hydrogen) atoms. The Morgan fingerprint density at radius 2 is 1.46 bits per heavy atom. The highest BCUT2D eigenvalue weighted by atomic mass is 32.1. The van der Waals surface area contributed by atoms with Crippen LogP contribution in [0, 0.1) is 0 Å². The second-order valence-corrected chi connectivity index (χ2v) is 5.12. The van der Waals surface area contributed by atoms with E-state index in [-0.39, 0.29) is 0 Å². The van der Waals surface area contributed by atoms with Crippen LogP contribution < -0.4 is 29.6 Å². The van der Waals surface area contributed by atoms with Gasteiger partial charge in [0, 0.05) is 17.8 Å². The molecule has 0 bridgehead atoms. The average Bonchev–Trinajstić information content (AvgIpc) is 2.61. The van der Waals surface area contributed by atoms with E-state index in [9.17, 15) is 0 Å². The summed E-state index contributed by atoms with van der Waals surface area (Å²) in [6.07, 6.45) is 0. The van der Waals surface area contributed by atoms with Gasteiger partial charge in [0.25, 0.3) is 0 Å². The van der Waals surface area contributed by atoms with Gasteiger partial charge in [0.2, 0.25) is 0 Å². The molecule has 0 amide bonds. The Bertz CT molecular complexity index is 722. The third kappa shape index (κ3) is 4.20. The van der Waals surface area contributed by atoms with Gasteiger partial charge in [0.15, 0.2) is 16.6 Å². The summed E-state index contributed by atoms with van der Waals surface area (Å²) in [5.41, 5.74) is 1.51. The van der Waals surface area contributed by atoms with Crippen LogP contribution in [0.25, 0.3) is 0 Å².